The van der Waals surface area contributed by atoms with Crippen LogP contribution >= 0.6 is 11.6 Å². The Kier molecular flexibility index (Phi) is 3.00. The monoisotopic (exact) mass is 318 g/mol. The lowest BCUT2D eigenvalue weighted by Gasteiger charge is -2.09. The zero-order valence-corrected chi connectivity index (χ0v) is 12.3. The fourth-order valence-corrected chi connectivity index (χ4v) is 2.73. The van der Waals surface area contributed by atoms with Crippen LogP contribution in [0.25, 0.3) is 0 Å². The van der Waals surface area contributed by atoms with E-state index >= 15 is 0 Å². The lowest BCUT2D eigenvalue weighted by Crippen LogP contribution is -2.19. The molecule has 22 heavy (non-hydrogen) atoms. The van der Waals surface area contributed by atoms with Gasteiger partial charge < -0.3 is 4.52 Å². The zero-order chi connectivity index (χ0) is 15.2. The maximum Gasteiger partial charge on any atom is 0.254 e. The normalized spacial score (nSPS) is 15.9. The number of aromatic nitrogens is 4. The Labute approximate surface area is 130 Å². The Bertz CT molecular complexity index is 811. The summed E-state index contributed by atoms with van der Waals surface area (Å²) in [6, 6.07) is 6.45. The summed E-state index contributed by atoms with van der Waals surface area (Å²) < 4.78 is 20.4. The van der Waals surface area contributed by atoms with E-state index in [0.29, 0.717) is 18.1 Å². The molecule has 112 valence electrons. The highest BCUT2D eigenvalue weighted by Crippen LogP contribution is 2.47. The summed E-state index contributed by atoms with van der Waals surface area (Å²) in [5.74, 6) is 0.686. The fourth-order valence-electron chi connectivity index (χ4n) is 2.53. The molecule has 5 nitrogen and oxygen atoms in total. The van der Waals surface area contributed by atoms with E-state index in [-0.39, 0.29) is 10.6 Å². The number of benzene rings is 1. The van der Waals surface area contributed by atoms with E-state index in [1.807, 2.05) is 16.9 Å². The molecule has 0 spiro atoms. The summed E-state index contributed by atoms with van der Waals surface area (Å²) in [6.07, 6.45) is 5.94. The van der Waals surface area contributed by atoms with Crippen molar-refractivity contribution in [2.45, 2.75) is 24.8 Å². The third kappa shape index (κ3) is 2.20. The molecule has 7 heteroatoms. The quantitative estimate of drug-likeness (QED) is 0.741. The zero-order valence-electron chi connectivity index (χ0n) is 11.5. The molecule has 0 amide bonds. The highest BCUT2D eigenvalue weighted by Gasteiger charge is 2.52. The van der Waals surface area contributed by atoms with E-state index in [9.17, 15) is 4.39 Å². The molecule has 1 aromatic carbocycles. The van der Waals surface area contributed by atoms with Gasteiger partial charge in [0.2, 0.25) is 0 Å². The molecular formula is C15H12ClFN4O. The number of rotatable bonds is 4. The van der Waals surface area contributed by atoms with Gasteiger partial charge in [-0.1, -0.05) is 22.8 Å². The Hall–Kier alpha value is -2.21. The first-order valence-electron chi connectivity index (χ1n) is 6.94. The van der Waals surface area contributed by atoms with Crippen LogP contribution in [0.2, 0.25) is 5.02 Å². The van der Waals surface area contributed by atoms with Crippen molar-refractivity contribution in [3.05, 3.63) is 64.8 Å². The molecule has 0 N–H and O–H groups in total. The van der Waals surface area contributed by atoms with Gasteiger partial charge in [-0.25, -0.2) is 4.39 Å². The third-order valence-electron chi connectivity index (χ3n) is 3.88. The highest BCUT2D eigenvalue weighted by molar-refractivity contribution is 6.30. The van der Waals surface area contributed by atoms with Gasteiger partial charge in [0.25, 0.3) is 5.89 Å². The van der Waals surface area contributed by atoms with Crippen molar-refractivity contribution in [1.82, 2.24) is 19.9 Å². The molecule has 0 bridgehead atoms. The molecule has 3 aromatic rings. The van der Waals surface area contributed by atoms with Gasteiger partial charge in [-0.3, -0.25) is 4.68 Å². The van der Waals surface area contributed by atoms with E-state index in [1.54, 1.807) is 18.3 Å². The standard InChI is InChI=1S/C15H12ClFN4O/c16-11-8-10(2-3-12(11)17)9-13-19-14(22-20-13)15(4-5-15)21-7-1-6-18-21/h1-3,6-8H,4-5,9H2. The van der Waals surface area contributed by atoms with E-state index < -0.39 is 5.82 Å². The van der Waals surface area contributed by atoms with Gasteiger partial charge in [0.1, 0.15) is 11.4 Å². The Morgan fingerprint density at radius 2 is 2.23 bits per heavy atom. The average molecular weight is 319 g/mol. The summed E-state index contributed by atoms with van der Waals surface area (Å²) in [4.78, 5) is 4.47. The van der Waals surface area contributed by atoms with Crippen molar-refractivity contribution in [2.75, 3.05) is 0 Å². The summed E-state index contributed by atoms with van der Waals surface area (Å²) in [6.45, 7) is 0. The third-order valence-corrected chi connectivity index (χ3v) is 4.17. The van der Waals surface area contributed by atoms with Crippen molar-refractivity contribution in [1.29, 1.82) is 0 Å². The Morgan fingerprint density at radius 3 is 2.91 bits per heavy atom. The molecule has 1 fully saturated rings. The lowest BCUT2D eigenvalue weighted by molar-refractivity contribution is 0.312. The summed E-state index contributed by atoms with van der Waals surface area (Å²) in [7, 11) is 0. The van der Waals surface area contributed by atoms with E-state index in [4.69, 9.17) is 16.1 Å². The smallest absolute Gasteiger partial charge is 0.254 e. The summed E-state index contributed by atoms with van der Waals surface area (Å²) >= 11 is 5.78. The second-order valence-electron chi connectivity index (χ2n) is 5.42. The van der Waals surface area contributed by atoms with E-state index in [0.717, 1.165) is 18.4 Å². The van der Waals surface area contributed by atoms with Crippen molar-refractivity contribution >= 4 is 11.6 Å². The van der Waals surface area contributed by atoms with Gasteiger partial charge in [-0.15, -0.1) is 0 Å². The average Bonchev–Trinajstić information content (AvgIpc) is 2.94. The molecule has 0 aliphatic heterocycles. The maximum absolute atomic E-state index is 13.2. The van der Waals surface area contributed by atoms with Gasteiger partial charge in [-0.2, -0.15) is 10.1 Å². The highest BCUT2D eigenvalue weighted by atomic mass is 35.5. The molecule has 0 radical (unpaired) electrons. The second-order valence-corrected chi connectivity index (χ2v) is 5.83. The van der Waals surface area contributed by atoms with E-state index in [2.05, 4.69) is 15.2 Å². The molecular weight excluding hydrogens is 307 g/mol. The molecule has 0 saturated heterocycles. The van der Waals surface area contributed by atoms with Crippen LogP contribution in [-0.2, 0) is 12.0 Å². The molecule has 1 aliphatic rings. The Morgan fingerprint density at radius 1 is 1.36 bits per heavy atom. The molecule has 0 unspecified atom stereocenters. The minimum atomic E-state index is -0.435. The topological polar surface area (TPSA) is 56.7 Å². The minimum Gasteiger partial charge on any atom is -0.337 e. The summed E-state index contributed by atoms with van der Waals surface area (Å²) in [5.41, 5.74) is 0.539. The van der Waals surface area contributed by atoms with Crippen LogP contribution in [0, 0.1) is 5.82 Å². The first kappa shape index (κ1) is 13.5. The fraction of sp³-hybridized carbons (Fsp3) is 0.267. The van der Waals surface area contributed by atoms with Crippen LogP contribution in [0.4, 0.5) is 4.39 Å². The van der Waals surface area contributed by atoms with E-state index in [1.165, 1.54) is 6.07 Å². The van der Waals surface area contributed by atoms with Crippen LogP contribution in [0.5, 0.6) is 0 Å². The van der Waals surface area contributed by atoms with Gasteiger partial charge in [-0.05, 0) is 36.6 Å². The predicted molar refractivity (Wildman–Crippen MR) is 77.1 cm³/mol. The van der Waals surface area contributed by atoms with Crippen molar-refractivity contribution in [3.63, 3.8) is 0 Å². The van der Waals surface area contributed by atoms with Gasteiger partial charge in [0.15, 0.2) is 5.82 Å². The molecule has 2 heterocycles. The number of hydrogen-bond acceptors (Lipinski definition) is 4. The second kappa shape index (κ2) is 4.91. The van der Waals surface area contributed by atoms with Crippen molar-refractivity contribution < 1.29 is 8.91 Å². The van der Waals surface area contributed by atoms with Crippen molar-refractivity contribution in [3.8, 4) is 0 Å². The molecule has 2 aromatic heterocycles. The van der Waals surface area contributed by atoms with Gasteiger partial charge >= 0.3 is 0 Å². The SMILES string of the molecule is Fc1ccc(Cc2noc(C3(n4cccn4)CC3)n2)cc1Cl. The summed E-state index contributed by atoms with van der Waals surface area (Å²) in [5, 5.41) is 8.38. The van der Waals surface area contributed by atoms with Gasteiger partial charge in [0.05, 0.1) is 5.02 Å². The maximum atomic E-state index is 13.2. The van der Waals surface area contributed by atoms with Crippen LogP contribution in [0.3, 0.4) is 0 Å². The first-order valence-corrected chi connectivity index (χ1v) is 7.32. The van der Waals surface area contributed by atoms with Crippen LogP contribution in [0.15, 0.2) is 41.2 Å². The molecule has 1 aliphatic carbocycles. The first-order chi connectivity index (χ1) is 10.7. The largest absolute Gasteiger partial charge is 0.337 e. The minimum absolute atomic E-state index is 0.0939. The molecule has 4 rings (SSSR count). The molecule has 0 atom stereocenters. The predicted octanol–water partition coefficient (Wildman–Crippen LogP) is 3.19. The van der Waals surface area contributed by atoms with Crippen LogP contribution < -0.4 is 0 Å². The van der Waals surface area contributed by atoms with Crippen LogP contribution in [0.1, 0.15) is 30.1 Å². The van der Waals surface area contributed by atoms with Crippen LogP contribution in [-0.4, -0.2) is 19.9 Å². The number of halogens is 2. The Balaban J connectivity index is 1.58. The molecule has 1 saturated carbocycles. The number of hydrogen-bond donors (Lipinski definition) is 0. The van der Waals surface area contributed by atoms with Crippen molar-refractivity contribution in [2.24, 2.45) is 0 Å². The number of nitrogens with zero attached hydrogens (tertiary/aromatic N) is 4. The van der Waals surface area contributed by atoms with Gasteiger partial charge in [0, 0.05) is 18.8 Å². The lowest BCUT2D eigenvalue weighted by atomic mass is 10.1.